The van der Waals surface area contributed by atoms with Gasteiger partial charge in [-0.1, -0.05) is 18.5 Å². The van der Waals surface area contributed by atoms with Gasteiger partial charge < -0.3 is 9.84 Å². The summed E-state index contributed by atoms with van der Waals surface area (Å²) in [6.07, 6.45) is 3.35. The molecule has 1 aromatic carbocycles. The van der Waals surface area contributed by atoms with Gasteiger partial charge in [0.05, 0.1) is 6.10 Å². The van der Waals surface area contributed by atoms with E-state index in [0.29, 0.717) is 0 Å². The Morgan fingerprint density at radius 2 is 2.25 bits per heavy atom. The second-order valence-electron chi connectivity index (χ2n) is 4.26. The van der Waals surface area contributed by atoms with Gasteiger partial charge >= 0.3 is 0 Å². The monoisotopic (exact) mass is 240 g/mol. The predicted octanol–water partition coefficient (Wildman–Crippen LogP) is 3.19. The Morgan fingerprint density at radius 3 is 2.88 bits per heavy atom. The van der Waals surface area contributed by atoms with Gasteiger partial charge in [-0.3, -0.25) is 0 Å². The minimum atomic E-state index is -0.319. The Balaban J connectivity index is 2.09. The Bertz CT molecular complexity index is 365. The number of hydrogen-bond acceptors (Lipinski definition) is 2. The first-order chi connectivity index (χ1) is 7.70. The third kappa shape index (κ3) is 2.50. The van der Waals surface area contributed by atoms with Gasteiger partial charge in [0.2, 0.25) is 0 Å². The molecule has 1 aliphatic carbocycles. The molecule has 1 fully saturated rings. The summed E-state index contributed by atoms with van der Waals surface area (Å²) in [5, 5.41) is 10.5. The summed E-state index contributed by atoms with van der Waals surface area (Å²) >= 11 is 6.04. The zero-order valence-corrected chi connectivity index (χ0v) is 10.2. The molecule has 1 aliphatic rings. The number of halogens is 1. The fourth-order valence-electron chi connectivity index (χ4n) is 2.11. The first-order valence-corrected chi connectivity index (χ1v) is 6.21. The average molecular weight is 241 g/mol. The quantitative estimate of drug-likeness (QED) is 0.879. The minimum absolute atomic E-state index is 0.0501. The van der Waals surface area contributed by atoms with E-state index in [2.05, 4.69) is 6.92 Å². The molecule has 0 saturated heterocycles. The Kier molecular flexibility index (Phi) is 3.72. The zero-order valence-electron chi connectivity index (χ0n) is 9.45. The summed E-state index contributed by atoms with van der Waals surface area (Å²) in [5.74, 6) is 0.812. The van der Waals surface area contributed by atoms with Crippen molar-refractivity contribution in [2.75, 3.05) is 0 Å². The molecule has 16 heavy (non-hydrogen) atoms. The van der Waals surface area contributed by atoms with E-state index in [1.54, 1.807) is 0 Å². The Labute approximate surface area is 101 Å². The van der Waals surface area contributed by atoms with Gasteiger partial charge in [-0.2, -0.15) is 0 Å². The highest BCUT2D eigenvalue weighted by Gasteiger charge is 2.26. The topological polar surface area (TPSA) is 29.5 Å². The molecule has 2 atom stereocenters. The molecule has 0 bridgehead atoms. The molecule has 0 amide bonds. The molecule has 88 valence electrons. The van der Waals surface area contributed by atoms with Crippen LogP contribution in [0.2, 0.25) is 5.02 Å². The van der Waals surface area contributed by atoms with Crippen LogP contribution in [0.25, 0.3) is 0 Å². The van der Waals surface area contributed by atoms with Gasteiger partial charge in [0.1, 0.15) is 11.9 Å². The molecule has 1 aromatic rings. The molecule has 0 spiro atoms. The molecular weight excluding hydrogens is 224 g/mol. The maximum Gasteiger partial charge on any atom is 0.124 e. The van der Waals surface area contributed by atoms with Crippen LogP contribution in [0.5, 0.6) is 5.75 Å². The number of aliphatic hydroxyl groups excluding tert-OH is 1. The van der Waals surface area contributed by atoms with Crippen molar-refractivity contribution in [3.63, 3.8) is 0 Å². The lowest BCUT2D eigenvalue weighted by molar-refractivity contribution is 0.0603. The Hall–Kier alpha value is -0.730. The second-order valence-corrected chi connectivity index (χ2v) is 4.67. The van der Waals surface area contributed by atoms with Gasteiger partial charge in [-0.05, 0) is 49.4 Å². The van der Waals surface area contributed by atoms with Crippen LogP contribution >= 0.6 is 11.6 Å². The van der Waals surface area contributed by atoms with E-state index >= 15 is 0 Å². The van der Waals surface area contributed by atoms with Crippen LogP contribution in [0.15, 0.2) is 18.2 Å². The molecule has 2 nitrogen and oxygen atoms in total. The smallest absolute Gasteiger partial charge is 0.124 e. The van der Waals surface area contributed by atoms with Crippen LogP contribution in [-0.4, -0.2) is 17.3 Å². The highest BCUT2D eigenvalue weighted by atomic mass is 35.5. The van der Waals surface area contributed by atoms with Crippen molar-refractivity contribution in [3.8, 4) is 5.75 Å². The summed E-state index contributed by atoms with van der Waals surface area (Å²) in [4.78, 5) is 0. The molecule has 3 heteroatoms. The van der Waals surface area contributed by atoms with Gasteiger partial charge in [0.15, 0.2) is 0 Å². The molecule has 2 unspecified atom stereocenters. The fraction of sp³-hybridized carbons (Fsp3) is 0.538. The number of rotatable bonds is 3. The van der Waals surface area contributed by atoms with E-state index in [1.807, 2.05) is 18.2 Å². The van der Waals surface area contributed by atoms with Crippen LogP contribution in [0.4, 0.5) is 0 Å². The lowest BCUT2D eigenvalue weighted by Crippen LogP contribution is -2.25. The van der Waals surface area contributed by atoms with Gasteiger partial charge in [-0.15, -0.1) is 0 Å². The van der Waals surface area contributed by atoms with E-state index in [0.717, 1.165) is 42.0 Å². The summed E-state index contributed by atoms with van der Waals surface area (Å²) in [6, 6.07) is 5.69. The summed E-state index contributed by atoms with van der Waals surface area (Å²) in [7, 11) is 0. The van der Waals surface area contributed by atoms with E-state index in [9.17, 15) is 5.11 Å². The summed E-state index contributed by atoms with van der Waals surface area (Å²) in [5.41, 5.74) is 1.09. The molecule has 2 rings (SSSR count). The highest BCUT2D eigenvalue weighted by molar-refractivity contribution is 6.31. The number of aryl methyl sites for hydroxylation is 1. The van der Waals surface area contributed by atoms with E-state index < -0.39 is 0 Å². The van der Waals surface area contributed by atoms with E-state index in [-0.39, 0.29) is 12.2 Å². The zero-order chi connectivity index (χ0) is 11.5. The van der Waals surface area contributed by atoms with Crippen LogP contribution in [0.1, 0.15) is 31.7 Å². The van der Waals surface area contributed by atoms with Crippen molar-refractivity contribution in [3.05, 3.63) is 28.8 Å². The van der Waals surface area contributed by atoms with Crippen molar-refractivity contribution in [1.29, 1.82) is 0 Å². The summed E-state index contributed by atoms with van der Waals surface area (Å²) < 4.78 is 5.78. The first-order valence-electron chi connectivity index (χ1n) is 5.84. The third-order valence-electron chi connectivity index (χ3n) is 3.10. The Morgan fingerprint density at radius 1 is 1.44 bits per heavy atom. The molecule has 0 heterocycles. The fourth-order valence-corrected chi connectivity index (χ4v) is 2.37. The molecule has 0 aromatic heterocycles. The lowest BCUT2D eigenvalue weighted by Gasteiger charge is -2.17. The van der Waals surface area contributed by atoms with Crippen LogP contribution in [0, 0.1) is 0 Å². The van der Waals surface area contributed by atoms with E-state index in [1.165, 1.54) is 0 Å². The standard InChI is InChI=1S/C13H17ClO2/c1-2-9-8-10(6-7-11(9)14)16-13-5-3-4-12(13)15/h6-8,12-13,15H,2-5H2,1H3. The van der Waals surface area contributed by atoms with Crippen LogP contribution in [0.3, 0.4) is 0 Å². The molecule has 0 radical (unpaired) electrons. The number of hydrogen-bond donors (Lipinski definition) is 1. The average Bonchev–Trinajstić information content (AvgIpc) is 2.67. The molecular formula is C13H17ClO2. The van der Waals surface area contributed by atoms with Crippen molar-refractivity contribution < 1.29 is 9.84 Å². The number of benzene rings is 1. The van der Waals surface area contributed by atoms with Gasteiger partial charge in [-0.25, -0.2) is 0 Å². The maximum atomic E-state index is 9.68. The molecule has 1 saturated carbocycles. The molecule has 0 aliphatic heterocycles. The normalized spacial score (nSPS) is 24.7. The van der Waals surface area contributed by atoms with Crippen LogP contribution in [-0.2, 0) is 6.42 Å². The summed E-state index contributed by atoms with van der Waals surface area (Å²) in [6.45, 7) is 2.06. The highest BCUT2D eigenvalue weighted by Crippen LogP contribution is 2.27. The predicted molar refractivity (Wildman–Crippen MR) is 65.1 cm³/mol. The number of ether oxygens (including phenoxy) is 1. The first kappa shape index (κ1) is 11.7. The van der Waals surface area contributed by atoms with E-state index in [4.69, 9.17) is 16.3 Å². The van der Waals surface area contributed by atoms with Crippen LogP contribution < -0.4 is 4.74 Å². The van der Waals surface area contributed by atoms with Crippen molar-refractivity contribution in [2.45, 2.75) is 44.8 Å². The van der Waals surface area contributed by atoms with Crippen molar-refractivity contribution >= 4 is 11.6 Å². The second kappa shape index (κ2) is 5.07. The number of aliphatic hydroxyl groups is 1. The lowest BCUT2D eigenvalue weighted by atomic mass is 10.1. The van der Waals surface area contributed by atoms with Crippen molar-refractivity contribution in [1.82, 2.24) is 0 Å². The molecule has 1 N–H and O–H groups in total. The van der Waals surface area contributed by atoms with Gasteiger partial charge in [0.25, 0.3) is 0 Å². The van der Waals surface area contributed by atoms with Gasteiger partial charge in [0, 0.05) is 5.02 Å². The minimum Gasteiger partial charge on any atom is -0.488 e. The maximum absolute atomic E-state index is 9.68. The SMILES string of the molecule is CCc1cc(OC2CCCC2O)ccc1Cl. The van der Waals surface area contributed by atoms with Crippen molar-refractivity contribution in [2.24, 2.45) is 0 Å². The third-order valence-corrected chi connectivity index (χ3v) is 3.47. The largest absolute Gasteiger partial charge is 0.488 e.